The highest BCUT2D eigenvalue weighted by Crippen LogP contribution is 2.03. The molecule has 5 heteroatoms. The molecule has 0 fully saturated rings. The molecule has 0 saturated heterocycles. The lowest BCUT2D eigenvalue weighted by Crippen LogP contribution is -2.07. The molecule has 0 atom stereocenters. The van der Waals surface area contributed by atoms with Crippen molar-refractivity contribution < 1.29 is 13.9 Å². The molecule has 0 saturated carbocycles. The Bertz CT molecular complexity index is 522. The number of Topliss-reactive ketones (excluding diaryl/α,β-unsaturated/α-hetero) is 1. The molecule has 0 N–H and O–H groups in total. The van der Waals surface area contributed by atoms with Crippen LogP contribution in [0.2, 0.25) is 0 Å². The van der Waals surface area contributed by atoms with Crippen LogP contribution in [0.3, 0.4) is 0 Å². The van der Waals surface area contributed by atoms with E-state index in [4.69, 9.17) is 9.15 Å². The lowest BCUT2D eigenvalue weighted by Gasteiger charge is -2.03. The van der Waals surface area contributed by atoms with Crippen LogP contribution in [0.1, 0.15) is 23.8 Å². The molecule has 100 valence electrons. The number of carbonyl (C=O) groups excluding carboxylic acids is 1. The Balaban J connectivity index is 1.64. The van der Waals surface area contributed by atoms with Gasteiger partial charge in [-0.1, -0.05) is 30.3 Å². The Kier molecular flexibility index (Phi) is 4.80. The predicted octanol–water partition coefficient (Wildman–Crippen LogP) is 2.10. The molecule has 19 heavy (non-hydrogen) atoms. The zero-order chi connectivity index (χ0) is 13.5. The molecule has 0 radical (unpaired) electrons. The average Bonchev–Trinajstić information content (AvgIpc) is 2.81. The first-order valence-corrected chi connectivity index (χ1v) is 6.16. The highest BCUT2D eigenvalue weighted by atomic mass is 16.5. The number of ether oxygens (including phenoxy) is 1. The summed E-state index contributed by atoms with van der Waals surface area (Å²) in [4.78, 5) is 11.6. The van der Waals surface area contributed by atoms with Crippen LogP contribution in [-0.2, 0) is 22.6 Å². The van der Waals surface area contributed by atoms with Crippen LogP contribution in [0.15, 0.2) is 34.7 Å². The summed E-state index contributed by atoms with van der Waals surface area (Å²) >= 11 is 0. The lowest BCUT2D eigenvalue weighted by molar-refractivity contribution is -0.119. The van der Waals surface area contributed by atoms with Crippen LogP contribution in [0.5, 0.6) is 0 Å². The third kappa shape index (κ3) is 4.63. The molecule has 0 spiro atoms. The summed E-state index contributed by atoms with van der Waals surface area (Å²) in [5, 5.41) is 7.46. The van der Waals surface area contributed by atoms with E-state index in [0.29, 0.717) is 31.4 Å². The van der Waals surface area contributed by atoms with E-state index >= 15 is 0 Å². The molecule has 0 bridgehead atoms. The molecule has 0 aliphatic heterocycles. The van der Waals surface area contributed by atoms with Crippen molar-refractivity contribution in [3.8, 4) is 0 Å². The van der Waals surface area contributed by atoms with Crippen LogP contribution in [-0.4, -0.2) is 22.6 Å². The van der Waals surface area contributed by atoms with Gasteiger partial charge in [0.25, 0.3) is 0 Å². The van der Waals surface area contributed by atoms with Gasteiger partial charge in [0, 0.05) is 13.3 Å². The summed E-state index contributed by atoms with van der Waals surface area (Å²) in [5.74, 6) is 0.880. The van der Waals surface area contributed by atoms with Gasteiger partial charge in [0.15, 0.2) is 0 Å². The second-order valence-corrected chi connectivity index (χ2v) is 4.22. The summed E-state index contributed by atoms with van der Waals surface area (Å²) < 4.78 is 10.6. The highest BCUT2D eigenvalue weighted by Gasteiger charge is 2.09. The fourth-order valence-corrected chi connectivity index (χ4v) is 1.62. The Morgan fingerprint density at radius 1 is 1.26 bits per heavy atom. The van der Waals surface area contributed by atoms with Crippen molar-refractivity contribution in [2.24, 2.45) is 0 Å². The van der Waals surface area contributed by atoms with Gasteiger partial charge >= 0.3 is 0 Å². The van der Waals surface area contributed by atoms with Gasteiger partial charge in [-0.25, -0.2) is 0 Å². The molecule has 0 aliphatic carbocycles. The van der Waals surface area contributed by atoms with Gasteiger partial charge in [-0.15, -0.1) is 10.2 Å². The first-order chi connectivity index (χ1) is 9.24. The van der Waals surface area contributed by atoms with E-state index in [1.807, 2.05) is 30.3 Å². The second-order valence-electron chi connectivity index (χ2n) is 4.22. The molecule has 1 heterocycles. The first kappa shape index (κ1) is 13.4. The summed E-state index contributed by atoms with van der Waals surface area (Å²) in [6.45, 7) is 2.62. The SMILES string of the molecule is Cc1nnc(CC(=O)CCOCc2ccccc2)o1. The molecule has 2 rings (SSSR count). The fourth-order valence-electron chi connectivity index (χ4n) is 1.62. The van der Waals surface area contributed by atoms with E-state index in [-0.39, 0.29) is 12.2 Å². The first-order valence-electron chi connectivity index (χ1n) is 6.16. The number of nitrogens with zero attached hydrogens (tertiary/aromatic N) is 2. The van der Waals surface area contributed by atoms with Gasteiger partial charge in [0.1, 0.15) is 5.78 Å². The number of benzene rings is 1. The zero-order valence-corrected chi connectivity index (χ0v) is 10.8. The van der Waals surface area contributed by atoms with Crippen molar-refractivity contribution in [1.82, 2.24) is 10.2 Å². The fraction of sp³-hybridized carbons (Fsp3) is 0.357. The minimum Gasteiger partial charge on any atom is -0.425 e. The van der Waals surface area contributed by atoms with E-state index < -0.39 is 0 Å². The van der Waals surface area contributed by atoms with E-state index in [9.17, 15) is 4.79 Å². The van der Waals surface area contributed by atoms with Crippen LogP contribution in [0.25, 0.3) is 0 Å². The van der Waals surface area contributed by atoms with Gasteiger partial charge in [-0.3, -0.25) is 4.79 Å². The van der Waals surface area contributed by atoms with E-state index in [0.717, 1.165) is 5.56 Å². The Labute approximate surface area is 111 Å². The van der Waals surface area contributed by atoms with Gasteiger partial charge in [0.2, 0.25) is 11.8 Å². The van der Waals surface area contributed by atoms with Gasteiger partial charge in [-0.2, -0.15) is 0 Å². The monoisotopic (exact) mass is 260 g/mol. The van der Waals surface area contributed by atoms with Crippen LogP contribution in [0, 0.1) is 6.92 Å². The number of hydrogen-bond acceptors (Lipinski definition) is 5. The maximum atomic E-state index is 11.6. The summed E-state index contributed by atoms with van der Waals surface area (Å²) in [6, 6.07) is 9.86. The zero-order valence-electron chi connectivity index (χ0n) is 10.8. The molecule has 0 aliphatic rings. The van der Waals surface area contributed by atoms with E-state index in [2.05, 4.69) is 10.2 Å². The van der Waals surface area contributed by atoms with Crippen molar-refractivity contribution in [2.75, 3.05) is 6.61 Å². The van der Waals surface area contributed by atoms with Gasteiger partial charge in [-0.05, 0) is 5.56 Å². The lowest BCUT2D eigenvalue weighted by atomic mass is 10.2. The summed E-state index contributed by atoms with van der Waals surface area (Å²) in [7, 11) is 0. The molecule has 0 amide bonds. The highest BCUT2D eigenvalue weighted by molar-refractivity contribution is 5.79. The molecule has 2 aromatic rings. The van der Waals surface area contributed by atoms with Crippen LogP contribution >= 0.6 is 0 Å². The number of aromatic nitrogens is 2. The van der Waals surface area contributed by atoms with Crippen molar-refractivity contribution in [1.29, 1.82) is 0 Å². The molecule has 1 aromatic carbocycles. The number of carbonyl (C=O) groups is 1. The summed E-state index contributed by atoms with van der Waals surface area (Å²) in [6.07, 6.45) is 0.532. The molecule has 5 nitrogen and oxygen atoms in total. The predicted molar refractivity (Wildman–Crippen MR) is 68.5 cm³/mol. The average molecular weight is 260 g/mol. The normalized spacial score (nSPS) is 10.6. The van der Waals surface area contributed by atoms with Gasteiger partial charge in [0.05, 0.1) is 19.6 Å². The topological polar surface area (TPSA) is 65.2 Å². The Morgan fingerprint density at radius 3 is 2.74 bits per heavy atom. The molecule has 0 unspecified atom stereocenters. The largest absolute Gasteiger partial charge is 0.425 e. The molecular weight excluding hydrogens is 244 g/mol. The maximum absolute atomic E-state index is 11.6. The summed E-state index contributed by atoms with van der Waals surface area (Å²) in [5.41, 5.74) is 1.10. The van der Waals surface area contributed by atoms with Gasteiger partial charge < -0.3 is 9.15 Å². The Morgan fingerprint density at radius 2 is 2.05 bits per heavy atom. The van der Waals surface area contributed by atoms with E-state index in [1.54, 1.807) is 6.92 Å². The minimum atomic E-state index is 0.0386. The van der Waals surface area contributed by atoms with Crippen molar-refractivity contribution in [3.05, 3.63) is 47.7 Å². The van der Waals surface area contributed by atoms with E-state index in [1.165, 1.54) is 0 Å². The Hall–Kier alpha value is -2.01. The third-order valence-electron chi connectivity index (χ3n) is 2.55. The molecule has 1 aromatic heterocycles. The number of hydrogen-bond donors (Lipinski definition) is 0. The maximum Gasteiger partial charge on any atom is 0.223 e. The quantitative estimate of drug-likeness (QED) is 0.713. The number of ketones is 1. The van der Waals surface area contributed by atoms with Crippen molar-refractivity contribution in [2.45, 2.75) is 26.4 Å². The molecular formula is C14H16N2O3. The minimum absolute atomic E-state index is 0.0386. The smallest absolute Gasteiger partial charge is 0.223 e. The number of rotatable bonds is 7. The van der Waals surface area contributed by atoms with Crippen molar-refractivity contribution >= 4 is 5.78 Å². The van der Waals surface area contributed by atoms with Crippen LogP contribution in [0.4, 0.5) is 0 Å². The third-order valence-corrected chi connectivity index (χ3v) is 2.55. The van der Waals surface area contributed by atoms with Crippen LogP contribution < -0.4 is 0 Å². The van der Waals surface area contributed by atoms with Crippen molar-refractivity contribution in [3.63, 3.8) is 0 Å². The number of aryl methyl sites for hydroxylation is 1. The second kappa shape index (κ2) is 6.80. The standard InChI is InChI=1S/C14H16N2O3/c1-11-15-16-14(19-11)9-13(17)7-8-18-10-12-5-3-2-4-6-12/h2-6H,7-10H2,1H3.